The summed E-state index contributed by atoms with van der Waals surface area (Å²) in [6.45, 7) is 0.460. The molecule has 0 aliphatic heterocycles. The van der Waals surface area contributed by atoms with E-state index in [9.17, 15) is 22.8 Å². The van der Waals surface area contributed by atoms with Crippen LogP contribution < -0.4 is 16.0 Å². The zero-order chi connectivity index (χ0) is 19.2. The van der Waals surface area contributed by atoms with E-state index in [0.29, 0.717) is 9.47 Å². The number of alkyl halides is 3. The van der Waals surface area contributed by atoms with Gasteiger partial charge in [-0.15, -0.1) is 10.2 Å². The first-order valence-electron chi connectivity index (χ1n) is 7.16. The van der Waals surface area contributed by atoms with Crippen LogP contribution >= 0.6 is 23.1 Å². The predicted octanol–water partition coefficient (Wildman–Crippen LogP) is 3.07. The molecule has 7 nitrogen and oxygen atoms in total. The van der Waals surface area contributed by atoms with Crippen molar-refractivity contribution in [1.29, 1.82) is 0 Å². The van der Waals surface area contributed by atoms with E-state index in [0.717, 1.165) is 23.0 Å². The Balaban J connectivity index is 1.75. The number of thioether (sulfide) groups is 1. The van der Waals surface area contributed by atoms with Crippen LogP contribution in [0.4, 0.5) is 28.8 Å². The van der Waals surface area contributed by atoms with Gasteiger partial charge in [-0.3, -0.25) is 10.1 Å². The number of anilines is 2. The first-order chi connectivity index (χ1) is 12.2. The van der Waals surface area contributed by atoms with Crippen molar-refractivity contribution < 1.29 is 22.8 Å². The van der Waals surface area contributed by atoms with Gasteiger partial charge in [-0.1, -0.05) is 40.8 Å². The molecule has 26 heavy (non-hydrogen) atoms. The van der Waals surface area contributed by atoms with E-state index in [4.69, 9.17) is 0 Å². The molecule has 0 saturated heterocycles. The molecule has 1 aromatic heterocycles. The number of urea groups is 1. The topological polar surface area (TPSA) is 96.0 Å². The van der Waals surface area contributed by atoms with Gasteiger partial charge in [0.1, 0.15) is 6.54 Å². The number of amides is 3. The zero-order valence-corrected chi connectivity index (χ0v) is 15.0. The summed E-state index contributed by atoms with van der Waals surface area (Å²) in [5.41, 5.74) is 1.96. The molecule has 0 fully saturated rings. The van der Waals surface area contributed by atoms with Gasteiger partial charge in [0.15, 0.2) is 4.34 Å². The largest absolute Gasteiger partial charge is 0.405 e. The van der Waals surface area contributed by atoms with Crippen LogP contribution in [0.3, 0.4) is 0 Å². The van der Waals surface area contributed by atoms with Crippen LogP contribution in [-0.2, 0) is 4.79 Å². The van der Waals surface area contributed by atoms with Crippen molar-refractivity contribution >= 4 is 45.9 Å². The van der Waals surface area contributed by atoms with Crippen molar-refractivity contribution in [3.63, 3.8) is 0 Å². The lowest BCUT2D eigenvalue weighted by atomic mass is 10.2. The Labute approximate surface area is 154 Å². The van der Waals surface area contributed by atoms with Gasteiger partial charge in [-0.05, 0) is 19.1 Å². The highest BCUT2D eigenvalue weighted by atomic mass is 32.2. The zero-order valence-electron chi connectivity index (χ0n) is 13.4. The Kier molecular flexibility index (Phi) is 6.80. The standard InChI is InChI=1S/C14H14F3N5O2S2/c1-8-2-4-9(5-3-8)19-12-21-22-13(26-12)25-6-10(23)20-11(24)18-7-14(15,16)17/h2-5H,6-7H2,1H3,(H,19,21)(H2,18,20,23,24). The fourth-order valence-corrected chi connectivity index (χ4v) is 3.17. The molecule has 0 aliphatic carbocycles. The van der Waals surface area contributed by atoms with Gasteiger partial charge in [0.25, 0.3) is 0 Å². The Bertz CT molecular complexity index is 765. The molecule has 12 heteroatoms. The van der Waals surface area contributed by atoms with Crippen LogP contribution in [-0.4, -0.2) is 40.6 Å². The van der Waals surface area contributed by atoms with Crippen molar-refractivity contribution in [2.45, 2.75) is 17.4 Å². The van der Waals surface area contributed by atoms with Gasteiger partial charge < -0.3 is 10.6 Å². The third kappa shape index (κ3) is 7.27. The van der Waals surface area contributed by atoms with E-state index in [1.54, 1.807) is 10.6 Å². The summed E-state index contributed by atoms with van der Waals surface area (Å²) >= 11 is 2.23. The summed E-state index contributed by atoms with van der Waals surface area (Å²) in [5.74, 6) is -0.920. The van der Waals surface area contributed by atoms with Gasteiger partial charge >= 0.3 is 12.2 Å². The van der Waals surface area contributed by atoms with Crippen molar-refractivity contribution in [3.8, 4) is 0 Å². The quantitative estimate of drug-likeness (QED) is 0.640. The minimum atomic E-state index is -4.54. The second-order valence-electron chi connectivity index (χ2n) is 5.00. The average molecular weight is 405 g/mol. The minimum absolute atomic E-state index is 0.182. The molecule has 2 aromatic rings. The molecule has 0 bridgehead atoms. The number of benzene rings is 1. The highest BCUT2D eigenvalue weighted by Crippen LogP contribution is 2.27. The smallest absolute Gasteiger partial charge is 0.330 e. The van der Waals surface area contributed by atoms with Crippen LogP contribution in [0.1, 0.15) is 5.56 Å². The minimum Gasteiger partial charge on any atom is -0.330 e. The van der Waals surface area contributed by atoms with Crippen molar-refractivity contribution in [2.75, 3.05) is 17.6 Å². The number of rotatable bonds is 6. The van der Waals surface area contributed by atoms with Crippen molar-refractivity contribution in [2.24, 2.45) is 0 Å². The SMILES string of the molecule is Cc1ccc(Nc2nnc(SCC(=O)NC(=O)NCC(F)(F)F)s2)cc1. The van der Waals surface area contributed by atoms with Crippen LogP contribution in [0.5, 0.6) is 0 Å². The molecule has 2 rings (SSSR count). The number of aryl methyl sites for hydroxylation is 1. The number of hydrogen-bond donors (Lipinski definition) is 3. The summed E-state index contributed by atoms with van der Waals surface area (Å²) in [5, 5.41) is 14.8. The lowest BCUT2D eigenvalue weighted by Gasteiger charge is -2.08. The molecule has 3 N–H and O–H groups in total. The number of imide groups is 1. The van der Waals surface area contributed by atoms with Crippen LogP contribution in [0, 0.1) is 6.92 Å². The molecule has 140 valence electrons. The maximum absolute atomic E-state index is 11.9. The molecule has 1 heterocycles. The Morgan fingerprint density at radius 1 is 1.19 bits per heavy atom. The first kappa shape index (κ1) is 20.0. The normalized spacial score (nSPS) is 11.1. The lowest BCUT2D eigenvalue weighted by molar-refractivity contribution is -0.124. The van der Waals surface area contributed by atoms with Gasteiger partial charge in [-0.25, -0.2) is 4.79 Å². The molecular formula is C14H14F3N5O2S2. The van der Waals surface area contributed by atoms with E-state index >= 15 is 0 Å². The van der Waals surface area contributed by atoms with E-state index in [-0.39, 0.29) is 5.75 Å². The lowest BCUT2D eigenvalue weighted by Crippen LogP contribution is -2.43. The van der Waals surface area contributed by atoms with Crippen LogP contribution in [0.2, 0.25) is 0 Å². The molecule has 0 atom stereocenters. The summed E-state index contributed by atoms with van der Waals surface area (Å²) in [6, 6.07) is 6.44. The Hall–Kier alpha value is -2.34. The van der Waals surface area contributed by atoms with E-state index in [2.05, 4.69) is 15.5 Å². The summed E-state index contributed by atoms with van der Waals surface area (Å²) in [6.07, 6.45) is -4.54. The fourth-order valence-electron chi connectivity index (χ4n) is 1.59. The summed E-state index contributed by atoms with van der Waals surface area (Å²) in [4.78, 5) is 22.7. The van der Waals surface area contributed by atoms with Crippen LogP contribution in [0.25, 0.3) is 0 Å². The molecule has 1 aromatic carbocycles. The number of carbonyl (C=O) groups excluding carboxylic acids is 2. The fraction of sp³-hybridized carbons (Fsp3) is 0.286. The van der Waals surface area contributed by atoms with E-state index in [1.807, 2.05) is 31.2 Å². The van der Waals surface area contributed by atoms with Crippen molar-refractivity contribution in [3.05, 3.63) is 29.8 Å². The highest BCUT2D eigenvalue weighted by Gasteiger charge is 2.27. The van der Waals surface area contributed by atoms with Gasteiger partial charge in [0, 0.05) is 5.69 Å². The third-order valence-electron chi connectivity index (χ3n) is 2.74. The first-order valence-corrected chi connectivity index (χ1v) is 8.96. The monoisotopic (exact) mass is 405 g/mol. The number of aromatic nitrogens is 2. The number of halogens is 3. The van der Waals surface area contributed by atoms with Gasteiger partial charge in [-0.2, -0.15) is 13.2 Å². The number of nitrogens with zero attached hydrogens (tertiary/aromatic N) is 2. The predicted molar refractivity (Wildman–Crippen MR) is 92.7 cm³/mol. The maximum atomic E-state index is 11.9. The third-order valence-corrected chi connectivity index (χ3v) is 4.71. The Morgan fingerprint density at radius 3 is 2.54 bits per heavy atom. The summed E-state index contributed by atoms with van der Waals surface area (Å²) < 4.78 is 36.3. The molecule has 0 aliphatic rings. The number of hydrogen-bond acceptors (Lipinski definition) is 7. The van der Waals surface area contributed by atoms with Gasteiger partial charge in [0.2, 0.25) is 11.0 Å². The average Bonchev–Trinajstić information content (AvgIpc) is 3.00. The maximum Gasteiger partial charge on any atom is 0.405 e. The highest BCUT2D eigenvalue weighted by molar-refractivity contribution is 8.01. The molecule has 0 spiro atoms. The molecule has 0 saturated carbocycles. The summed E-state index contributed by atoms with van der Waals surface area (Å²) in [7, 11) is 0. The van der Waals surface area contributed by atoms with Gasteiger partial charge in [0.05, 0.1) is 5.75 Å². The van der Waals surface area contributed by atoms with E-state index in [1.165, 1.54) is 11.3 Å². The molecule has 3 amide bonds. The molecular weight excluding hydrogens is 391 g/mol. The Morgan fingerprint density at radius 2 is 1.88 bits per heavy atom. The van der Waals surface area contributed by atoms with E-state index < -0.39 is 24.7 Å². The number of nitrogens with one attached hydrogen (secondary N) is 3. The molecule has 0 unspecified atom stereocenters. The second-order valence-corrected chi connectivity index (χ2v) is 7.20. The second kappa shape index (κ2) is 8.85. The number of carbonyl (C=O) groups is 2. The molecule has 0 radical (unpaired) electrons. The van der Waals surface area contributed by atoms with Crippen molar-refractivity contribution in [1.82, 2.24) is 20.8 Å². The van der Waals surface area contributed by atoms with Crippen LogP contribution in [0.15, 0.2) is 28.6 Å².